The van der Waals surface area contributed by atoms with Crippen LogP contribution < -0.4 is 10.2 Å². The lowest BCUT2D eigenvalue weighted by Gasteiger charge is -2.36. The predicted molar refractivity (Wildman–Crippen MR) is 102 cm³/mol. The molecule has 0 saturated heterocycles. The maximum absolute atomic E-state index is 13.1. The van der Waals surface area contributed by atoms with Crippen molar-refractivity contribution in [3.63, 3.8) is 0 Å². The van der Waals surface area contributed by atoms with E-state index in [9.17, 15) is 14.4 Å². The second-order valence-corrected chi connectivity index (χ2v) is 7.81. The Morgan fingerprint density at radius 3 is 2.59 bits per heavy atom. The fraction of sp³-hybridized carbons (Fsp3) is 0.333. The fourth-order valence-electron chi connectivity index (χ4n) is 3.03. The quantitative estimate of drug-likeness (QED) is 0.638. The Bertz CT molecular complexity index is 955. The van der Waals surface area contributed by atoms with Gasteiger partial charge in [-0.2, -0.15) is 5.10 Å². The highest BCUT2D eigenvalue weighted by Gasteiger charge is 2.48. The molecule has 9 heteroatoms. The first-order valence-corrected chi connectivity index (χ1v) is 9.02. The van der Waals surface area contributed by atoms with E-state index in [2.05, 4.69) is 10.4 Å². The molecule has 2 aromatic rings. The SMILES string of the molecule is COC(=O)c1c(NC(=O)C2(C)Sc3ccccc3N(C)C2=O)c(C)nn1C. The molecule has 1 aromatic carbocycles. The molecule has 0 bridgehead atoms. The highest BCUT2D eigenvalue weighted by atomic mass is 32.2. The number of aromatic nitrogens is 2. The van der Waals surface area contributed by atoms with Gasteiger partial charge in [0.15, 0.2) is 10.4 Å². The number of thioether (sulfide) groups is 1. The van der Waals surface area contributed by atoms with Crippen molar-refractivity contribution in [1.29, 1.82) is 0 Å². The zero-order valence-corrected chi connectivity index (χ0v) is 16.5. The number of para-hydroxylation sites is 1. The van der Waals surface area contributed by atoms with Crippen LogP contribution in [0.3, 0.4) is 0 Å². The number of rotatable bonds is 3. The molecule has 1 unspecified atom stereocenters. The molecule has 142 valence electrons. The van der Waals surface area contributed by atoms with Gasteiger partial charge in [0.05, 0.1) is 24.2 Å². The average Bonchev–Trinajstić information content (AvgIpc) is 2.92. The minimum atomic E-state index is -1.39. The van der Waals surface area contributed by atoms with Crippen LogP contribution in [0, 0.1) is 6.92 Å². The largest absolute Gasteiger partial charge is 0.464 e. The monoisotopic (exact) mass is 388 g/mol. The Hall–Kier alpha value is -2.81. The van der Waals surface area contributed by atoms with Crippen molar-refractivity contribution < 1.29 is 19.1 Å². The number of nitrogens with zero attached hydrogens (tertiary/aromatic N) is 3. The van der Waals surface area contributed by atoms with Gasteiger partial charge in [-0.1, -0.05) is 23.9 Å². The number of benzene rings is 1. The minimum absolute atomic E-state index is 0.119. The van der Waals surface area contributed by atoms with Crippen molar-refractivity contribution in [3.05, 3.63) is 35.7 Å². The van der Waals surface area contributed by atoms with Gasteiger partial charge in [0, 0.05) is 19.0 Å². The van der Waals surface area contributed by atoms with Gasteiger partial charge in [0.2, 0.25) is 5.91 Å². The van der Waals surface area contributed by atoms with Crippen molar-refractivity contribution in [2.75, 3.05) is 24.4 Å². The summed E-state index contributed by atoms with van der Waals surface area (Å²) in [5.41, 5.74) is 1.57. The molecule has 1 aromatic heterocycles. The molecule has 1 aliphatic heterocycles. The van der Waals surface area contributed by atoms with Gasteiger partial charge in [-0.3, -0.25) is 14.3 Å². The summed E-state index contributed by atoms with van der Waals surface area (Å²) in [7, 11) is 4.48. The Kier molecular flexibility index (Phi) is 4.73. The van der Waals surface area contributed by atoms with E-state index in [1.807, 2.05) is 24.3 Å². The van der Waals surface area contributed by atoms with Crippen LogP contribution in [-0.4, -0.2) is 46.5 Å². The topological polar surface area (TPSA) is 93.5 Å². The Labute approximate surface area is 160 Å². The highest BCUT2D eigenvalue weighted by molar-refractivity contribution is 8.02. The van der Waals surface area contributed by atoms with Crippen LogP contribution >= 0.6 is 11.8 Å². The maximum atomic E-state index is 13.1. The van der Waals surface area contributed by atoms with Crippen LogP contribution in [0.25, 0.3) is 0 Å². The molecule has 0 aliphatic carbocycles. The normalized spacial score (nSPS) is 18.9. The molecule has 1 N–H and O–H groups in total. The van der Waals surface area contributed by atoms with Gasteiger partial charge < -0.3 is 15.0 Å². The number of methoxy groups -OCH3 is 1. The van der Waals surface area contributed by atoms with E-state index in [-0.39, 0.29) is 17.3 Å². The summed E-state index contributed by atoms with van der Waals surface area (Å²) in [4.78, 5) is 40.4. The van der Waals surface area contributed by atoms with Crippen LogP contribution in [-0.2, 0) is 21.4 Å². The highest BCUT2D eigenvalue weighted by Crippen LogP contribution is 2.45. The third-order valence-electron chi connectivity index (χ3n) is 4.53. The molecule has 8 nitrogen and oxygen atoms in total. The molecular weight excluding hydrogens is 368 g/mol. The van der Waals surface area contributed by atoms with E-state index in [4.69, 9.17) is 4.74 Å². The maximum Gasteiger partial charge on any atom is 0.358 e. The molecule has 1 aliphatic rings. The number of anilines is 2. The molecule has 3 rings (SSSR count). The number of amides is 2. The number of ether oxygens (including phenoxy) is 1. The van der Waals surface area contributed by atoms with Crippen LogP contribution in [0.1, 0.15) is 23.1 Å². The molecular formula is C18H20N4O4S. The van der Waals surface area contributed by atoms with Crippen molar-refractivity contribution >= 4 is 40.9 Å². The molecule has 27 heavy (non-hydrogen) atoms. The first kappa shape index (κ1) is 19.0. The lowest BCUT2D eigenvalue weighted by atomic mass is 10.1. The second kappa shape index (κ2) is 6.73. The van der Waals surface area contributed by atoms with Crippen LogP contribution in [0.5, 0.6) is 0 Å². The second-order valence-electron chi connectivity index (χ2n) is 6.35. The summed E-state index contributed by atoms with van der Waals surface area (Å²) in [6.07, 6.45) is 0. The predicted octanol–water partition coefficient (Wildman–Crippen LogP) is 1.98. The number of esters is 1. The number of fused-ring (bicyclic) bond motifs is 1. The van der Waals surface area contributed by atoms with Gasteiger partial charge >= 0.3 is 5.97 Å². The third kappa shape index (κ3) is 2.97. The molecule has 2 heterocycles. The van der Waals surface area contributed by atoms with Crippen molar-refractivity contribution in [2.24, 2.45) is 7.05 Å². The van der Waals surface area contributed by atoms with Crippen molar-refractivity contribution in [2.45, 2.75) is 23.5 Å². The summed E-state index contributed by atoms with van der Waals surface area (Å²) < 4.78 is 4.73. The van der Waals surface area contributed by atoms with Crippen molar-refractivity contribution in [3.8, 4) is 0 Å². The molecule has 0 saturated carbocycles. The number of hydrogen-bond acceptors (Lipinski definition) is 6. The smallest absolute Gasteiger partial charge is 0.358 e. The number of hydrogen-bond donors (Lipinski definition) is 1. The van der Waals surface area contributed by atoms with Crippen LogP contribution in [0.4, 0.5) is 11.4 Å². The molecule has 1 atom stereocenters. The summed E-state index contributed by atoms with van der Waals surface area (Å²) in [6, 6.07) is 7.39. The Balaban J connectivity index is 1.98. The van der Waals surface area contributed by atoms with E-state index in [1.165, 1.54) is 28.5 Å². The van der Waals surface area contributed by atoms with E-state index < -0.39 is 16.6 Å². The van der Waals surface area contributed by atoms with Gasteiger partial charge in [-0.25, -0.2) is 4.79 Å². The standard InChI is InChI=1S/C18H20N4O4S/c1-10-13(14(15(23)26-5)22(4)20-10)19-16(24)18(2)17(25)21(3)11-8-6-7-9-12(11)27-18/h6-9H,1-5H3,(H,19,24). The van der Waals surface area contributed by atoms with Gasteiger partial charge in [0.25, 0.3) is 5.91 Å². The van der Waals surface area contributed by atoms with Crippen molar-refractivity contribution in [1.82, 2.24) is 9.78 Å². The average molecular weight is 388 g/mol. The molecule has 0 spiro atoms. The first-order chi connectivity index (χ1) is 12.7. The fourth-order valence-corrected chi connectivity index (χ4v) is 4.29. The number of aryl methyl sites for hydroxylation is 2. The van der Waals surface area contributed by atoms with E-state index in [1.54, 1.807) is 27.9 Å². The lowest BCUT2D eigenvalue weighted by molar-refractivity contribution is -0.128. The molecule has 2 amide bonds. The number of carbonyl (C=O) groups excluding carboxylic acids is 3. The third-order valence-corrected chi connectivity index (χ3v) is 5.86. The van der Waals surface area contributed by atoms with E-state index in [0.29, 0.717) is 5.69 Å². The summed E-state index contributed by atoms with van der Waals surface area (Å²) in [5.74, 6) is -1.49. The van der Waals surface area contributed by atoms with Gasteiger partial charge in [-0.15, -0.1) is 0 Å². The summed E-state index contributed by atoms with van der Waals surface area (Å²) >= 11 is 1.18. The first-order valence-electron chi connectivity index (χ1n) is 8.20. The lowest BCUT2D eigenvalue weighted by Crippen LogP contribution is -2.53. The molecule has 0 fully saturated rings. The van der Waals surface area contributed by atoms with Gasteiger partial charge in [-0.05, 0) is 26.0 Å². The number of nitrogens with one attached hydrogen (secondary N) is 1. The van der Waals surface area contributed by atoms with E-state index in [0.717, 1.165) is 10.6 Å². The Morgan fingerprint density at radius 1 is 1.26 bits per heavy atom. The molecule has 0 radical (unpaired) electrons. The Morgan fingerprint density at radius 2 is 1.93 bits per heavy atom. The summed E-state index contributed by atoms with van der Waals surface area (Å²) in [6.45, 7) is 3.24. The van der Waals surface area contributed by atoms with Gasteiger partial charge in [0.1, 0.15) is 0 Å². The van der Waals surface area contributed by atoms with E-state index >= 15 is 0 Å². The zero-order chi connectivity index (χ0) is 19.9. The van der Waals surface area contributed by atoms with Crippen LogP contribution in [0.15, 0.2) is 29.2 Å². The van der Waals surface area contributed by atoms with Crippen LogP contribution in [0.2, 0.25) is 0 Å². The zero-order valence-electron chi connectivity index (χ0n) is 15.7. The summed E-state index contributed by atoms with van der Waals surface area (Å²) in [5, 5.41) is 6.89. The minimum Gasteiger partial charge on any atom is -0.464 e. The number of carbonyl (C=O) groups is 3.